The lowest BCUT2D eigenvalue weighted by atomic mass is 10.0. The van der Waals surface area contributed by atoms with Crippen molar-refractivity contribution in [3.8, 4) is 0 Å². The molecular formula is C22H29N2O6P. The first-order chi connectivity index (χ1) is 14.9. The second kappa shape index (κ2) is 9.90. The molecule has 1 heterocycles. The normalized spacial score (nSPS) is 15.9. The molecule has 1 aliphatic rings. The quantitative estimate of drug-likeness (QED) is 0.393. The number of rotatable bonds is 10. The van der Waals surface area contributed by atoms with Crippen molar-refractivity contribution in [3.63, 3.8) is 0 Å². The van der Waals surface area contributed by atoms with Crippen LogP contribution in [0.15, 0.2) is 24.4 Å². The van der Waals surface area contributed by atoms with E-state index >= 15 is 0 Å². The highest BCUT2D eigenvalue weighted by Gasteiger charge is 2.37. The third-order valence-electron chi connectivity index (χ3n) is 5.19. The van der Waals surface area contributed by atoms with Gasteiger partial charge in [-0.25, -0.2) is 9.78 Å². The number of nitrogens with zero attached hydrogens (tertiary/aromatic N) is 2. The highest BCUT2D eigenvalue weighted by atomic mass is 31.2. The van der Waals surface area contributed by atoms with E-state index in [4.69, 9.17) is 13.8 Å². The van der Waals surface area contributed by atoms with Gasteiger partial charge in [-0.1, -0.05) is 25.1 Å². The summed E-state index contributed by atoms with van der Waals surface area (Å²) in [4.78, 5) is 30.1. The first-order valence-corrected chi connectivity index (χ1v) is 12.4. The highest BCUT2D eigenvalue weighted by Crippen LogP contribution is 2.52. The zero-order chi connectivity index (χ0) is 22.6. The number of aryl methyl sites for hydroxylation is 1. The van der Waals surface area contributed by atoms with Crippen LogP contribution in [-0.2, 0) is 37.4 Å². The minimum absolute atomic E-state index is 0.0900. The smallest absolute Gasteiger partial charge is 0.374 e. The zero-order valence-electron chi connectivity index (χ0n) is 18.4. The van der Waals surface area contributed by atoms with Gasteiger partial charge in [0.25, 0.3) is 0 Å². The van der Waals surface area contributed by atoms with E-state index in [1.165, 1.54) is 0 Å². The van der Waals surface area contributed by atoms with Gasteiger partial charge in [-0.3, -0.25) is 9.36 Å². The molecule has 9 heteroatoms. The summed E-state index contributed by atoms with van der Waals surface area (Å²) in [6.07, 6.45) is 2.83. The van der Waals surface area contributed by atoms with Crippen LogP contribution in [0.2, 0.25) is 0 Å². The molecule has 3 rings (SSSR count). The number of benzene rings is 1. The number of carbonyl (C=O) groups is 2. The molecule has 1 aliphatic carbocycles. The Morgan fingerprint density at radius 1 is 1.16 bits per heavy atom. The standard InChI is InChI=1S/C22H29N2O6P/c1-5-16-13-24(21(23-16)22(26)28-6-2)19-12-18-15(10-9-11-17(18)20(19)25)14-31(27,29-7-3)30-8-4/h9-11,13,19H,5-8,12,14H2,1-4H3. The first-order valence-electron chi connectivity index (χ1n) is 10.6. The summed E-state index contributed by atoms with van der Waals surface area (Å²) < 4.78 is 30.7. The summed E-state index contributed by atoms with van der Waals surface area (Å²) in [6.45, 7) is 7.95. The zero-order valence-corrected chi connectivity index (χ0v) is 19.3. The number of hydrogen-bond acceptors (Lipinski definition) is 7. The van der Waals surface area contributed by atoms with Crippen molar-refractivity contribution >= 4 is 19.3 Å². The van der Waals surface area contributed by atoms with Crippen LogP contribution in [0.5, 0.6) is 0 Å². The van der Waals surface area contributed by atoms with Gasteiger partial charge in [-0.15, -0.1) is 0 Å². The van der Waals surface area contributed by atoms with Crippen LogP contribution in [0.3, 0.4) is 0 Å². The Hall–Kier alpha value is -2.28. The Bertz CT molecular complexity index is 1010. The number of fused-ring (bicyclic) bond motifs is 1. The summed E-state index contributed by atoms with van der Waals surface area (Å²) in [5, 5.41) is 0. The van der Waals surface area contributed by atoms with Gasteiger partial charge in [-0.05, 0) is 38.3 Å². The van der Waals surface area contributed by atoms with Gasteiger partial charge in [0, 0.05) is 18.2 Å². The molecule has 31 heavy (non-hydrogen) atoms. The summed E-state index contributed by atoms with van der Waals surface area (Å²) in [7, 11) is -3.32. The molecule has 168 valence electrons. The number of aromatic nitrogens is 2. The maximum absolute atomic E-state index is 13.3. The van der Waals surface area contributed by atoms with Crippen molar-refractivity contribution in [2.75, 3.05) is 19.8 Å². The van der Waals surface area contributed by atoms with Crippen LogP contribution in [0.4, 0.5) is 0 Å². The van der Waals surface area contributed by atoms with Crippen LogP contribution in [-0.4, -0.2) is 41.1 Å². The van der Waals surface area contributed by atoms with Crippen LogP contribution >= 0.6 is 7.60 Å². The average molecular weight is 448 g/mol. The van der Waals surface area contributed by atoms with E-state index in [0.29, 0.717) is 24.1 Å². The van der Waals surface area contributed by atoms with Crippen LogP contribution in [0, 0.1) is 0 Å². The fourth-order valence-electron chi connectivity index (χ4n) is 3.87. The predicted octanol–water partition coefficient (Wildman–Crippen LogP) is 4.37. The molecule has 0 saturated heterocycles. The molecule has 0 saturated carbocycles. The van der Waals surface area contributed by atoms with Crippen LogP contribution < -0.4 is 0 Å². The lowest BCUT2D eigenvalue weighted by Crippen LogP contribution is -2.21. The fraction of sp³-hybridized carbons (Fsp3) is 0.500. The Morgan fingerprint density at radius 3 is 2.48 bits per heavy atom. The summed E-state index contributed by atoms with van der Waals surface area (Å²) in [5.41, 5.74) is 2.83. The van der Waals surface area contributed by atoms with Gasteiger partial charge in [0.05, 0.1) is 31.7 Å². The number of ether oxygens (including phenoxy) is 1. The molecule has 0 bridgehead atoms. The third kappa shape index (κ3) is 4.81. The number of hydrogen-bond donors (Lipinski definition) is 0. The van der Waals surface area contributed by atoms with Crippen molar-refractivity contribution in [2.45, 2.75) is 52.7 Å². The van der Waals surface area contributed by atoms with Gasteiger partial charge in [0.15, 0.2) is 5.78 Å². The average Bonchev–Trinajstić information content (AvgIpc) is 3.30. The number of ketones is 1. The lowest BCUT2D eigenvalue weighted by molar-refractivity contribution is 0.0504. The molecule has 8 nitrogen and oxygen atoms in total. The lowest BCUT2D eigenvalue weighted by Gasteiger charge is -2.18. The molecule has 0 aliphatic heterocycles. The molecule has 0 amide bonds. The first kappa shape index (κ1) is 23.4. The minimum Gasteiger partial charge on any atom is -0.460 e. The maximum atomic E-state index is 13.3. The highest BCUT2D eigenvalue weighted by molar-refractivity contribution is 7.53. The molecule has 1 aromatic heterocycles. The van der Waals surface area contributed by atoms with E-state index in [0.717, 1.165) is 11.1 Å². The predicted molar refractivity (Wildman–Crippen MR) is 116 cm³/mol. The van der Waals surface area contributed by atoms with E-state index in [1.54, 1.807) is 43.7 Å². The molecular weight excluding hydrogens is 419 g/mol. The number of esters is 1. The number of imidazole rings is 1. The Labute approximate surface area is 182 Å². The van der Waals surface area contributed by atoms with E-state index in [-0.39, 0.29) is 37.6 Å². The summed E-state index contributed by atoms with van der Waals surface area (Å²) in [5.74, 6) is -0.533. The summed E-state index contributed by atoms with van der Waals surface area (Å²) in [6, 6.07) is 4.77. The molecule has 0 N–H and O–H groups in total. The monoisotopic (exact) mass is 448 g/mol. The Kier molecular flexibility index (Phi) is 7.46. The van der Waals surface area contributed by atoms with Gasteiger partial charge >= 0.3 is 13.6 Å². The van der Waals surface area contributed by atoms with E-state index < -0.39 is 19.6 Å². The molecule has 0 fully saturated rings. The Morgan fingerprint density at radius 2 is 1.87 bits per heavy atom. The summed E-state index contributed by atoms with van der Waals surface area (Å²) >= 11 is 0. The Balaban J connectivity index is 1.97. The fourth-order valence-corrected chi connectivity index (χ4v) is 5.63. The topological polar surface area (TPSA) is 96.7 Å². The number of carbonyl (C=O) groups excluding carboxylic acids is 2. The van der Waals surface area contributed by atoms with E-state index in [1.807, 2.05) is 13.0 Å². The largest absolute Gasteiger partial charge is 0.460 e. The van der Waals surface area contributed by atoms with Gasteiger partial charge in [0.1, 0.15) is 6.04 Å². The van der Waals surface area contributed by atoms with Crippen LogP contribution in [0.25, 0.3) is 0 Å². The van der Waals surface area contributed by atoms with E-state index in [9.17, 15) is 14.2 Å². The number of Topliss-reactive ketones (excluding diaryl/α,β-unsaturated/α-hetero) is 1. The van der Waals surface area contributed by atoms with Gasteiger partial charge < -0.3 is 18.4 Å². The van der Waals surface area contributed by atoms with Gasteiger partial charge in [0.2, 0.25) is 5.82 Å². The molecule has 0 spiro atoms. The maximum Gasteiger partial charge on any atom is 0.374 e. The van der Waals surface area contributed by atoms with Gasteiger partial charge in [-0.2, -0.15) is 0 Å². The molecule has 1 unspecified atom stereocenters. The second-order valence-corrected chi connectivity index (χ2v) is 9.22. The van der Waals surface area contributed by atoms with Crippen molar-refractivity contribution in [1.29, 1.82) is 0 Å². The van der Waals surface area contributed by atoms with E-state index in [2.05, 4.69) is 4.98 Å². The molecule has 2 aromatic rings. The second-order valence-electron chi connectivity index (χ2n) is 7.17. The third-order valence-corrected chi connectivity index (χ3v) is 7.22. The van der Waals surface area contributed by atoms with Crippen LogP contribution in [0.1, 0.15) is 71.5 Å². The minimum atomic E-state index is -3.32. The van der Waals surface area contributed by atoms with Crippen molar-refractivity contribution in [3.05, 3.63) is 52.6 Å². The van der Waals surface area contributed by atoms with Crippen molar-refractivity contribution < 1.29 is 27.9 Å². The molecule has 1 aromatic carbocycles. The van der Waals surface area contributed by atoms with Crippen molar-refractivity contribution in [1.82, 2.24) is 9.55 Å². The van der Waals surface area contributed by atoms with Crippen molar-refractivity contribution in [2.24, 2.45) is 0 Å². The molecule has 1 atom stereocenters. The SMILES string of the molecule is CCOC(=O)c1nc(CC)cn1C1Cc2c(CP(=O)(OCC)OCC)cccc2C1=O. The molecule has 0 radical (unpaired) electrons.